The van der Waals surface area contributed by atoms with E-state index in [9.17, 15) is 10.5 Å². The van der Waals surface area contributed by atoms with Gasteiger partial charge in [0.1, 0.15) is 23.3 Å². The summed E-state index contributed by atoms with van der Waals surface area (Å²) in [7, 11) is 0. The molecule has 0 aliphatic heterocycles. The second-order valence-electron chi connectivity index (χ2n) is 12.3. The molecule has 0 fully saturated rings. The second kappa shape index (κ2) is 10.2. The van der Waals surface area contributed by atoms with Gasteiger partial charge in [0, 0.05) is 26.9 Å². The summed E-state index contributed by atoms with van der Waals surface area (Å²) in [6.45, 7) is 0. The van der Waals surface area contributed by atoms with Gasteiger partial charge in [-0.2, -0.15) is 10.5 Å². The summed E-state index contributed by atoms with van der Waals surface area (Å²) in [6.07, 6.45) is 0. The fraction of sp³-hybridized carbons (Fsp3) is 0. The number of hydrogen-bond acceptors (Lipinski definition) is 3. The van der Waals surface area contributed by atoms with Crippen LogP contribution in [0.2, 0.25) is 0 Å². The number of nitrogens with zero attached hydrogens (tertiary/aromatic N) is 4. The van der Waals surface area contributed by atoms with Gasteiger partial charge in [-0.1, -0.05) is 91.0 Å². The van der Waals surface area contributed by atoms with Gasteiger partial charge < -0.3 is 13.6 Å². The van der Waals surface area contributed by atoms with E-state index in [4.69, 9.17) is 4.42 Å². The summed E-state index contributed by atoms with van der Waals surface area (Å²) in [4.78, 5) is 0. The molecule has 5 nitrogen and oxygen atoms in total. The Morgan fingerprint density at radius 2 is 0.980 bits per heavy atom. The minimum Gasteiger partial charge on any atom is -0.455 e. The van der Waals surface area contributed by atoms with Crippen molar-refractivity contribution in [3.8, 4) is 34.6 Å². The maximum absolute atomic E-state index is 10.8. The summed E-state index contributed by atoms with van der Waals surface area (Å²) in [5, 5.41) is 27.6. The number of fused-ring (bicyclic) bond motifs is 10. The fourth-order valence-electron chi connectivity index (χ4n) is 7.71. The Hall–Kier alpha value is -7.08. The van der Waals surface area contributed by atoms with Crippen LogP contribution in [-0.2, 0) is 0 Å². The van der Waals surface area contributed by atoms with Crippen LogP contribution in [0.15, 0.2) is 150 Å². The molecule has 0 spiro atoms. The number of benzene rings is 7. The third-order valence-corrected chi connectivity index (χ3v) is 9.80. The van der Waals surface area contributed by atoms with Crippen LogP contribution in [0, 0.1) is 22.7 Å². The molecule has 3 aromatic heterocycles. The first kappa shape index (κ1) is 27.1. The van der Waals surface area contributed by atoms with E-state index in [1.165, 1.54) is 0 Å². The zero-order chi connectivity index (χ0) is 32.6. The van der Waals surface area contributed by atoms with Gasteiger partial charge in [-0.3, -0.25) is 0 Å². The van der Waals surface area contributed by atoms with Crippen molar-refractivity contribution in [1.82, 2.24) is 9.13 Å². The lowest BCUT2D eigenvalue weighted by Crippen LogP contribution is -2.08. The molecule has 7 aromatic carbocycles. The standard InChI is InChI=1S/C44H24N4O/c45-25-29-18-19-30(26-46)43(42(29)47-36-15-7-4-12-31(36)32-13-5-8-16-37(32)47)48-38-22-20-28(27-10-2-1-3-11-27)24-35(38)41-39(48)23-21-34-33-14-6-9-17-40(33)49-44(34)41/h1-24H. The molecule has 0 unspecified atom stereocenters. The number of furan rings is 1. The van der Waals surface area contributed by atoms with Crippen LogP contribution in [0.1, 0.15) is 11.1 Å². The zero-order valence-electron chi connectivity index (χ0n) is 26.1. The van der Waals surface area contributed by atoms with Crippen LogP contribution in [0.25, 0.3) is 88.1 Å². The van der Waals surface area contributed by atoms with Gasteiger partial charge in [-0.25, -0.2) is 0 Å². The maximum atomic E-state index is 10.8. The number of aromatic nitrogens is 2. The summed E-state index contributed by atoms with van der Waals surface area (Å²) in [5.41, 5.74) is 9.77. The van der Waals surface area contributed by atoms with Crippen LogP contribution in [-0.4, -0.2) is 9.13 Å². The van der Waals surface area contributed by atoms with Crippen LogP contribution < -0.4 is 0 Å². The summed E-state index contributed by atoms with van der Waals surface area (Å²) < 4.78 is 11.0. The van der Waals surface area contributed by atoms with E-state index >= 15 is 0 Å². The van der Waals surface area contributed by atoms with Gasteiger partial charge in [0.15, 0.2) is 0 Å². The normalized spacial score (nSPS) is 11.6. The highest BCUT2D eigenvalue weighted by molar-refractivity contribution is 6.24. The minimum atomic E-state index is 0.464. The van der Waals surface area contributed by atoms with Crippen LogP contribution in [0.5, 0.6) is 0 Å². The topological polar surface area (TPSA) is 70.6 Å². The summed E-state index contributed by atoms with van der Waals surface area (Å²) in [5.74, 6) is 0. The lowest BCUT2D eigenvalue weighted by Gasteiger charge is -2.19. The molecular weight excluding hydrogens is 601 g/mol. The van der Waals surface area contributed by atoms with E-state index in [0.717, 1.165) is 76.7 Å². The third kappa shape index (κ3) is 3.73. The van der Waals surface area contributed by atoms with Crippen molar-refractivity contribution < 1.29 is 4.42 Å². The molecule has 0 amide bonds. The quantitative estimate of drug-likeness (QED) is 0.196. The van der Waals surface area contributed by atoms with Crippen molar-refractivity contribution >= 4 is 65.6 Å². The molecule has 226 valence electrons. The Bertz CT molecular complexity index is 3020. The Balaban J connectivity index is 1.42. The predicted molar refractivity (Wildman–Crippen MR) is 197 cm³/mol. The Morgan fingerprint density at radius 1 is 0.429 bits per heavy atom. The first-order chi connectivity index (χ1) is 24.2. The Kier molecular flexibility index (Phi) is 5.64. The van der Waals surface area contributed by atoms with E-state index in [-0.39, 0.29) is 0 Å². The Morgan fingerprint density at radius 3 is 1.65 bits per heavy atom. The second-order valence-corrected chi connectivity index (χ2v) is 12.3. The molecule has 10 rings (SSSR count). The molecule has 0 bridgehead atoms. The van der Waals surface area contributed by atoms with E-state index < -0.39 is 0 Å². The zero-order valence-corrected chi connectivity index (χ0v) is 26.1. The molecule has 0 atom stereocenters. The molecule has 0 aliphatic carbocycles. The van der Waals surface area contributed by atoms with E-state index in [1.54, 1.807) is 12.1 Å². The average molecular weight is 625 g/mol. The lowest BCUT2D eigenvalue weighted by atomic mass is 10.0. The fourth-order valence-corrected chi connectivity index (χ4v) is 7.71. The van der Waals surface area contributed by atoms with E-state index in [1.807, 2.05) is 60.7 Å². The largest absolute Gasteiger partial charge is 0.455 e. The van der Waals surface area contributed by atoms with Gasteiger partial charge in [0.2, 0.25) is 0 Å². The highest BCUT2D eigenvalue weighted by Gasteiger charge is 2.26. The summed E-state index contributed by atoms with van der Waals surface area (Å²) >= 11 is 0. The molecular formula is C44H24N4O. The lowest BCUT2D eigenvalue weighted by molar-refractivity contribution is 0.673. The monoisotopic (exact) mass is 624 g/mol. The molecule has 0 saturated heterocycles. The van der Waals surface area contributed by atoms with Crippen molar-refractivity contribution in [3.05, 3.63) is 157 Å². The van der Waals surface area contributed by atoms with Crippen molar-refractivity contribution in [3.63, 3.8) is 0 Å². The van der Waals surface area contributed by atoms with E-state index in [2.05, 4.69) is 94.1 Å². The number of nitriles is 2. The van der Waals surface area contributed by atoms with Crippen LogP contribution in [0.3, 0.4) is 0 Å². The Labute approximate surface area is 280 Å². The van der Waals surface area contributed by atoms with Gasteiger partial charge in [-0.05, 0) is 65.7 Å². The molecule has 0 radical (unpaired) electrons. The minimum absolute atomic E-state index is 0.464. The molecule has 0 N–H and O–H groups in total. The smallest absolute Gasteiger partial charge is 0.145 e. The SMILES string of the molecule is N#Cc1ccc(C#N)c(-n2c3ccc(-c4ccccc4)cc3c3c4oc5ccccc5c4ccc32)c1-n1c2ccccc2c2ccccc21. The highest BCUT2D eigenvalue weighted by atomic mass is 16.3. The first-order valence-electron chi connectivity index (χ1n) is 16.1. The van der Waals surface area contributed by atoms with Gasteiger partial charge in [0.05, 0.1) is 50.0 Å². The number of rotatable bonds is 3. The highest BCUT2D eigenvalue weighted by Crippen LogP contribution is 2.44. The van der Waals surface area contributed by atoms with Crippen molar-refractivity contribution in [2.45, 2.75) is 0 Å². The van der Waals surface area contributed by atoms with E-state index in [0.29, 0.717) is 22.5 Å². The van der Waals surface area contributed by atoms with Gasteiger partial charge in [-0.15, -0.1) is 0 Å². The molecule has 10 aromatic rings. The molecule has 5 heteroatoms. The molecule has 0 aliphatic rings. The average Bonchev–Trinajstić information content (AvgIpc) is 3.82. The number of para-hydroxylation sites is 3. The first-order valence-corrected chi connectivity index (χ1v) is 16.1. The van der Waals surface area contributed by atoms with Crippen molar-refractivity contribution in [2.75, 3.05) is 0 Å². The third-order valence-electron chi connectivity index (χ3n) is 9.80. The van der Waals surface area contributed by atoms with Crippen LogP contribution in [0.4, 0.5) is 0 Å². The molecule has 49 heavy (non-hydrogen) atoms. The van der Waals surface area contributed by atoms with Gasteiger partial charge >= 0.3 is 0 Å². The van der Waals surface area contributed by atoms with Crippen molar-refractivity contribution in [1.29, 1.82) is 10.5 Å². The van der Waals surface area contributed by atoms with Crippen molar-refractivity contribution in [2.24, 2.45) is 0 Å². The molecule has 0 saturated carbocycles. The predicted octanol–water partition coefficient (Wildman–Crippen LogP) is 11.2. The maximum Gasteiger partial charge on any atom is 0.145 e. The van der Waals surface area contributed by atoms with Gasteiger partial charge in [0.25, 0.3) is 0 Å². The summed E-state index contributed by atoms with van der Waals surface area (Å²) in [6, 6.07) is 54.1. The van der Waals surface area contributed by atoms with Crippen LogP contribution >= 0.6 is 0 Å². The number of hydrogen-bond donors (Lipinski definition) is 0. The molecule has 3 heterocycles.